The second-order valence-corrected chi connectivity index (χ2v) is 11.2. The van der Waals surface area contributed by atoms with E-state index in [0.29, 0.717) is 49.9 Å². The van der Waals surface area contributed by atoms with Gasteiger partial charge >= 0.3 is 0 Å². The fourth-order valence-electron chi connectivity index (χ4n) is 6.72. The van der Waals surface area contributed by atoms with Crippen LogP contribution in [0.3, 0.4) is 0 Å². The molecule has 200 valence electrons. The topological polar surface area (TPSA) is 64.7 Å². The van der Waals surface area contributed by atoms with E-state index in [-0.39, 0.29) is 11.8 Å². The highest BCUT2D eigenvalue weighted by Crippen LogP contribution is 2.48. The smallest absolute Gasteiger partial charge is 0.258 e. The average Bonchev–Trinajstić information content (AvgIpc) is 3.00. The summed E-state index contributed by atoms with van der Waals surface area (Å²) in [5.41, 5.74) is 4.27. The highest BCUT2D eigenvalue weighted by molar-refractivity contribution is 6.03. The zero-order valence-electron chi connectivity index (χ0n) is 22.3. The third-order valence-electron chi connectivity index (χ3n) is 8.84. The number of fused-ring (bicyclic) bond motifs is 2. The number of nitrogens with one attached hydrogen (secondary N) is 2. The van der Waals surface area contributed by atoms with Gasteiger partial charge in [0.2, 0.25) is 0 Å². The number of carbonyl (C=O) groups is 2. The van der Waals surface area contributed by atoms with Crippen LogP contribution in [0.15, 0.2) is 109 Å². The first-order chi connectivity index (χ1) is 19.6. The number of nitrogens with zero attached hydrogens (tertiary/aromatic N) is 2. The van der Waals surface area contributed by atoms with Gasteiger partial charge in [-0.15, -0.1) is 0 Å². The molecule has 6 nitrogen and oxygen atoms in total. The summed E-state index contributed by atoms with van der Waals surface area (Å²) in [6.45, 7) is 1.05. The Balaban J connectivity index is 1.25. The zero-order valence-corrected chi connectivity index (χ0v) is 22.3. The summed E-state index contributed by atoms with van der Waals surface area (Å²) in [5, 5.41) is 7.61. The van der Waals surface area contributed by atoms with Gasteiger partial charge in [0.15, 0.2) is 0 Å². The van der Waals surface area contributed by atoms with Gasteiger partial charge in [0.05, 0.1) is 11.1 Å². The number of carbonyl (C=O) groups excluding carboxylic acids is 2. The molecule has 2 aliphatic heterocycles. The minimum Gasteiger partial charge on any atom is -0.362 e. The van der Waals surface area contributed by atoms with Crippen molar-refractivity contribution >= 4 is 23.2 Å². The van der Waals surface area contributed by atoms with Crippen molar-refractivity contribution in [2.24, 2.45) is 0 Å². The molecule has 0 saturated heterocycles. The SMILES string of the molecule is O=C1c2ccccc2NC2(CCC3(CC2)Nc2ccccc2C(=O)N3Cc2ccccc2)N1Cc1ccccc1. The van der Waals surface area contributed by atoms with Gasteiger partial charge in [-0.05, 0) is 61.1 Å². The molecule has 0 bridgehead atoms. The average molecular weight is 529 g/mol. The first kappa shape index (κ1) is 24.5. The minimum absolute atomic E-state index is 0.0494. The second-order valence-electron chi connectivity index (χ2n) is 11.2. The van der Waals surface area contributed by atoms with E-state index in [4.69, 9.17) is 0 Å². The Morgan fingerprint density at radius 2 is 0.850 bits per heavy atom. The van der Waals surface area contributed by atoms with Gasteiger partial charge in [-0.3, -0.25) is 9.59 Å². The quantitative estimate of drug-likeness (QED) is 0.318. The van der Waals surface area contributed by atoms with Gasteiger partial charge in [-0.25, -0.2) is 0 Å². The lowest BCUT2D eigenvalue weighted by atomic mass is 9.76. The minimum atomic E-state index is -0.549. The Labute approximate surface area is 234 Å². The molecule has 6 heteroatoms. The maximum Gasteiger partial charge on any atom is 0.258 e. The number of anilines is 2. The molecule has 0 unspecified atom stereocenters. The largest absolute Gasteiger partial charge is 0.362 e. The fourth-order valence-corrected chi connectivity index (χ4v) is 6.72. The number of hydrogen-bond donors (Lipinski definition) is 2. The lowest BCUT2D eigenvalue weighted by Crippen LogP contribution is -2.67. The molecule has 40 heavy (non-hydrogen) atoms. The third-order valence-corrected chi connectivity index (χ3v) is 8.84. The van der Waals surface area contributed by atoms with E-state index in [1.165, 1.54) is 0 Å². The van der Waals surface area contributed by atoms with Crippen molar-refractivity contribution in [2.75, 3.05) is 10.6 Å². The van der Waals surface area contributed by atoms with Crippen LogP contribution in [0.2, 0.25) is 0 Å². The molecule has 2 amide bonds. The molecule has 4 aromatic rings. The van der Waals surface area contributed by atoms with Crippen LogP contribution in [0, 0.1) is 0 Å². The highest BCUT2D eigenvalue weighted by atomic mass is 16.2. The van der Waals surface area contributed by atoms with Gasteiger partial charge in [0.1, 0.15) is 11.3 Å². The monoisotopic (exact) mass is 528 g/mol. The molecule has 2 heterocycles. The lowest BCUT2D eigenvalue weighted by molar-refractivity contribution is -0.00366. The number of rotatable bonds is 4. The van der Waals surface area contributed by atoms with Crippen LogP contribution in [-0.2, 0) is 13.1 Å². The second kappa shape index (κ2) is 9.56. The number of benzene rings is 4. The van der Waals surface area contributed by atoms with Crippen molar-refractivity contribution < 1.29 is 9.59 Å². The van der Waals surface area contributed by atoms with Crippen molar-refractivity contribution in [1.82, 2.24) is 9.80 Å². The fraction of sp³-hybridized carbons (Fsp3) is 0.235. The molecule has 0 radical (unpaired) electrons. The van der Waals surface area contributed by atoms with Crippen molar-refractivity contribution in [1.29, 1.82) is 0 Å². The van der Waals surface area contributed by atoms with Crippen molar-refractivity contribution in [3.63, 3.8) is 0 Å². The maximum absolute atomic E-state index is 14.0. The molecule has 2 spiro atoms. The zero-order chi connectivity index (χ0) is 27.2. The molecular weight excluding hydrogens is 496 g/mol. The van der Waals surface area contributed by atoms with Crippen molar-refractivity contribution in [3.05, 3.63) is 131 Å². The summed E-state index contributed by atoms with van der Waals surface area (Å²) in [4.78, 5) is 32.0. The third kappa shape index (κ3) is 4.02. The van der Waals surface area contributed by atoms with E-state index in [0.717, 1.165) is 22.5 Å². The molecule has 4 aromatic carbocycles. The molecule has 2 N–H and O–H groups in total. The summed E-state index contributed by atoms with van der Waals surface area (Å²) in [5.74, 6) is 0.0987. The molecule has 0 atom stereocenters. The molecule has 1 aliphatic carbocycles. The molecule has 0 aromatic heterocycles. The Kier molecular flexibility index (Phi) is 5.84. The van der Waals surface area contributed by atoms with Gasteiger partial charge in [0.25, 0.3) is 11.8 Å². The van der Waals surface area contributed by atoms with Crippen molar-refractivity contribution in [2.45, 2.75) is 50.1 Å². The highest BCUT2D eigenvalue weighted by Gasteiger charge is 2.54. The molecule has 3 aliphatic rings. The first-order valence-electron chi connectivity index (χ1n) is 14.0. The standard InChI is InChI=1S/C34H32N4O2/c39-31-27-15-7-9-17-29(27)35-33(37(31)23-25-11-3-1-4-12-25)19-21-34(22-20-33)36-30-18-10-8-16-28(30)32(40)38(34)24-26-13-5-2-6-14-26/h1-18,35-36H,19-24H2. The van der Waals surface area contributed by atoms with Crippen LogP contribution in [0.25, 0.3) is 0 Å². The van der Waals surface area contributed by atoms with Crippen LogP contribution in [0.1, 0.15) is 57.5 Å². The molecule has 7 rings (SSSR count). The van der Waals surface area contributed by atoms with Gasteiger partial charge in [-0.1, -0.05) is 84.9 Å². The predicted octanol–water partition coefficient (Wildman–Crippen LogP) is 6.49. The molecule has 1 saturated carbocycles. The summed E-state index contributed by atoms with van der Waals surface area (Å²) in [7, 11) is 0. The van der Waals surface area contributed by atoms with Gasteiger partial charge < -0.3 is 20.4 Å². The Bertz CT molecular complexity index is 1440. The van der Waals surface area contributed by atoms with E-state index in [1.54, 1.807) is 0 Å². The van der Waals surface area contributed by atoms with Crippen LogP contribution in [-0.4, -0.2) is 32.9 Å². The lowest BCUT2D eigenvalue weighted by Gasteiger charge is -2.58. The number of para-hydroxylation sites is 2. The van der Waals surface area contributed by atoms with Crippen LogP contribution < -0.4 is 10.6 Å². The van der Waals surface area contributed by atoms with Crippen LogP contribution in [0.4, 0.5) is 11.4 Å². The van der Waals surface area contributed by atoms with Gasteiger partial charge in [0, 0.05) is 24.5 Å². The summed E-state index contributed by atoms with van der Waals surface area (Å²) in [6, 6.07) is 36.0. The first-order valence-corrected chi connectivity index (χ1v) is 14.0. The summed E-state index contributed by atoms with van der Waals surface area (Å²) in [6.07, 6.45) is 2.81. The van der Waals surface area contributed by atoms with E-state index < -0.39 is 11.3 Å². The summed E-state index contributed by atoms with van der Waals surface area (Å²) < 4.78 is 0. The number of amides is 2. The Hall–Kier alpha value is -4.58. The van der Waals surface area contributed by atoms with E-state index in [2.05, 4.69) is 34.9 Å². The molecule has 1 fully saturated rings. The van der Waals surface area contributed by atoms with E-state index in [1.807, 2.05) is 94.7 Å². The predicted molar refractivity (Wildman–Crippen MR) is 157 cm³/mol. The Morgan fingerprint density at radius 3 is 1.25 bits per heavy atom. The van der Waals surface area contributed by atoms with Crippen molar-refractivity contribution in [3.8, 4) is 0 Å². The maximum atomic E-state index is 14.0. The number of hydrogen-bond acceptors (Lipinski definition) is 4. The normalized spacial score (nSPS) is 23.4. The van der Waals surface area contributed by atoms with Gasteiger partial charge in [-0.2, -0.15) is 0 Å². The summed E-state index contributed by atoms with van der Waals surface area (Å²) >= 11 is 0. The Morgan fingerprint density at radius 1 is 0.500 bits per heavy atom. The van der Waals surface area contributed by atoms with E-state index >= 15 is 0 Å². The van der Waals surface area contributed by atoms with Crippen LogP contribution >= 0.6 is 0 Å². The van der Waals surface area contributed by atoms with E-state index in [9.17, 15) is 9.59 Å². The van der Waals surface area contributed by atoms with Crippen LogP contribution in [0.5, 0.6) is 0 Å². The molecular formula is C34H32N4O2.